The molecule has 7 heteroatoms. The van der Waals surface area contributed by atoms with E-state index in [0.717, 1.165) is 4.47 Å². The molecule has 0 radical (unpaired) electrons. The lowest BCUT2D eigenvalue weighted by Gasteiger charge is -2.22. The summed E-state index contributed by atoms with van der Waals surface area (Å²) in [6, 6.07) is 6.20. The van der Waals surface area contributed by atoms with Crippen LogP contribution in [0.3, 0.4) is 0 Å². The van der Waals surface area contributed by atoms with Crippen molar-refractivity contribution in [2.45, 2.75) is 18.6 Å². The normalized spacial score (nSPS) is 21.8. The Balaban J connectivity index is 2.07. The third-order valence-electron chi connectivity index (χ3n) is 3.28. The van der Waals surface area contributed by atoms with Gasteiger partial charge in [0.15, 0.2) is 0 Å². The molecule has 1 fully saturated rings. The van der Waals surface area contributed by atoms with E-state index in [1.807, 2.05) is 12.1 Å². The first-order valence-corrected chi connectivity index (χ1v) is 6.96. The van der Waals surface area contributed by atoms with Gasteiger partial charge in [-0.2, -0.15) is 0 Å². The van der Waals surface area contributed by atoms with E-state index >= 15 is 0 Å². The highest BCUT2D eigenvalue weighted by Gasteiger charge is 2.38. The molecule has 3 amide bonds. The SMILES string of the molecule is COC1CC(C(N)=O)N(C(=O)Nc2ccc(Br)cc2)C1. The van der Waals surface area contributed by atoms with Crippen LogP contribution in [0.2, 0.25) is 0 Å². The fourth-order valence-electron chi connectivity index (χ4n) is 2.19. The van der Waals surface area contributed by atoms with Gasteiger partial charge in [0.25, 0.3) is 0 Å². The number of carbonyl (C=O) groups is 2. The van der Waals surface area contributed by atoms with Gasteiger partial charge in [-0.3, -0.25) is 4.79 Å². The Labute approximate surface area is 125 Å². The number of hydrogen-bond donors (Lipinski definition) is 2. The minimum absolute atomic E-state index is 0.164. The fourth-order valence-corrected chi connectivity index (χ4v) is 2.46. The largest absolute Gasteiger partial charge is 0.380 e. The Morgan fingerprint density at radius 1 is 1.40 bits per heavy atom. The van der Waals surface area contributed by atoms with Crippen molar-refractivity contribution < 1.29 is 14.3 Å². The van der Waals surface area contributed by atoms with Crippen molar-refractivity contribution in [2.24, 2.45) is 5.73 Å². The second-order valence-corrected chi connectivity index (χ2v) is 5.52. The van der Waals surface area contributed by atoms with Crippen LogP contribution in [0.5, 0.6) is 0 Å². The molecule has 2 unspecified atom stereocenters. The lowest BCUT2D eigenvalue weighted by Crippen LogP contribution is -2.45. The van der Waals surface area contributed by atoms with Crippen molar-refractivity contribution in [3.05, 3.63) is 28.7 Å². The zero-order valence-electron chi connectivity index (χ0n) is 11.0. The molecule has 1 aliphatic rings. The van der Waals surface area contributed by atoms with Gasteiger partial charge in [-0.15, -0.1) is 0 Å². The quantitative estimate of drug-likeness (QED) is 0.874. The molecule has 0 bridgehead atoms. The monoisotopic (exact) mass is 341 g/mol. The highest BCUT2D eigenvalue weighted by molar-refractivity contribution is 9.10. The van der Waals surface area contributed by atoms with Gasteiger partial charge >= 0.3 is 6.03 Å². The molecule has 0 aliphatic carbocycles. The number of benzene rings is 1. The first-order valence-electron chi connectivity index (χ1n) is 6.16. The molecule has 0 saturated carbocycles. The fraction of sp³-hybridized carbons (Fsp3) is 0.385. The third-order valence-corrected chi connectivity index (χ3v) is 3.81. The van der Waals surface area contributed by atoms with Crippen LogP contribution in [-0.2, 0) is 9.53 Å². The molecule has 6 nitrogen and oxygen atoms in total. The molecule has 0 spiro atoms. The van der Waals surface area contributed by atoms with E-state index in [1.54, 1.807) is 19.2 Å². The van der Waals surface area contributed by atoms with Crippen molar-refractivity contribution in [2.75, 3.05) is 19.0 Å². The summed E-state index contributed by atoms with van der Waals surface area (Å²) in [4.78, 5) is 25.0. The molecule has 1 aromatic carbocycles. The van der Waals surface area contributed by atoms with E-state index in [-0.39, 0.29) is 12.1 Å². The number of halogens is 1. The maximum absolute atomic E-state index is 12.2. The first kappa shape index (κ1) is 14.8. The van der Waals surface area contributed by atoms with Crippen molar-refractivity contribution in [1.29, 1.82) is 0 Å². The first-order chi connectivity index (χ1) is 9.51. The minimum atomic E-state index is -0.629. The lowest BCUT2D eigenvalue weighted by molar-refractivity contribution is -0.121. The number of amides is 3. The standard InChI is InChI=1S/C13H16BrN3O3/c1-20-10-6-11(12(15)18)17(7-10)13(19)16-9-4-2-8(14)3-5-9/h2-5,10-11H,6-7H2,1H3,(H2,15,18)(H,16,19). The number of rotatable bonds is 3. The molecule has 108 valence electrons. The number of nitrogens with one attached hydrogen (secondary N) is 1. The number of urea groups is 1. The number of likely N-dealkylation sites (tertiary alicyclic amines) is 1. The van der Waals surface area contributed by atoms with Gasteiger partial charge in [-0.05, 0) is 24.3 Å². The highest BCUT2D eigenvalue weighted by Crippen LogP contribution is 2.21. The number of nitrogens with two attached hydrogens (primary N) is 1. The van der Waals surface area contributed by atoms with Gasteiger partial charge in [0.1, 0.15) is 6.04 Å². The van der Waals surface area contributed by atoms with E-state index in [2.05, 4.69) is 21.2 Å². The molecule has 1 aliphatic heterocycles. The van der Waals surface area contributed by atoms with Crippen molar-refractivity contribution in [1.82, 2.24) is 4.90 Å². The van der Waals surface area contributed by atoms with Crippen molar-refractivity contribution in [3.8, 4) is 0 Å². The number of primary amides is 1. The molecule has 3 N–H and O–H groups in total. The second kappa shape index (κ2) is 6.23. The number of anilines is 1. The molecule has 1 saturated heterocycles. The average Bonchev–Trinajstić information content (AvgIpc) is 2.86. The summed E-state index contributed by atoms with van der Waals surface area (Å²) < 4.78 is 6.12. The van der Waals surface area contributed by atoms with Crippen LogP contribution in [-0.4, -0.2) is 42.6 Å². The van der Waals surface area contributed by atoms with Gasteiger partial charge < -0.3 is 20.7 Å². The Morgan fingerprint density at radius 3 is 2.60 bits per heavy atom. The summed E-state index contributed by atoms with van der Waals surface area (Å²) in [5, 5.41) is 2.74. The zero-order valence-corrected chi connectivity index (χ0v) is 12.6. The Hall–Kier alpha value is -1.60. The van der Waals surface area contributed by atoms with Crippen molar-refractivity contribution in [3.63, 3.8) is 0 Å². The van der Waals surface area contributed by atoms with Gasteiger partial charge in [0.2, 0.25) is 5.91 Å². The predicted molar refractivity (Wildman–Crippen MR) is 78.3 cm³/mol. The Bertz CT molecular complexity index is 506. The maximum atomic E-state index is 12.2. The topological polar surface area (TPSA) is 84.7 Å². The van der Waals surface area contributed by atoms with Crippen LogP contribution in [0.4, 0.5) is 10.5 Å². The van der Waals surface area contributed by atoms with Gasteiger partial charge in [-0.25, -0.2) is 4.79 Å². The van der Waals surface area contributed by atoms with Crippen LogP contribution in [0.25, 0.3) is 0 Å². The summed E-state index contributed by atoms with van der Waals surface area (Å²) in [6.07, 6.45) is 0.266. The number of ether oxygens (including phenoxy) is 1. The summed E-state index contributed by atoms with van der Waals surface area (Å²) in [6.45, 7) is 0.354. The summed E-state index contributed by atoms with van der Waals surface area (Å²) in [5.41, 5.74) is 5.99. The predicted octanol–water partition coefficient (Wildman–Crippen LogP) is 1.56. The minimum Gasteiger partial charge on any atom is -0.380 e. The van der Waals surface area contributed by atoms with E-state index in [9.17, 15) is 9.59 Å². The lowest BCUT2D eigenvalue weighted by atomic mass is 10.2. The van der Waals surface area contributed by atoms with Crippen LogP contribution in [0, 0.1) is 0 Å². The van der Waals surface area contributed by atoms with Gasteiger partial charge in [-0.1, -0.05) is 15.9 Å². The molecule has 0 aromatic heterocycles. The zero-order chi connectivity index (χ0) is 14.7. The molecule has 2 rings (SSSR count). The number of hydrogen-bond acceptors (Lipinski definition) is 3. The summed E-state index contributed by atoms with van der Waals surface area (Å²) in [7, 11) is 1.55. The molecule has 1 aromatic rings. The average molecular weight is 342 g/mol. The molecule has 1 heterocycles. The highest BCUT2D eigenvalue weighted by atomic mass is 79.9. The molecular formula is C13H16BrN3O3. The number of carbonyl (C=O) groups excluding carboxylic acids is 2. The van der Waals surface area contributed by atoms with E-state index < -0.39 is 11.9 Å². The van der Waals surface area contributed by atoms with Gasteiger partial charge in [0.05, 0.1) is 6.10 Å². The van der Waals surface area contributed by atoms with Crippen LogP contribution >= 0.6 is 15.9 Å². The van der Waals surface area contributed by atoms with E-state index in [1.165, 1.54) is 4.90 Å². The molecular weight excluding hydrogens is 326 g/mol. The van der Waals surface area contributed by atoms with E-state index in [0.29, 0.717) is 18.7 Å². The third kappa shape index (κ3) is 3.29. The summed E-state index contributed by atoms with van der Waals surface area (Å²) >= 11 is 3.32. The smallest absolute Gasteiger partial charge is 0.322 e. The Kier molecular flexibility index (Phi) is 4.61. The van der Waals surface area contributed by atoms with Crippen LogP contribution < -0.4 is 11.1 Å². The van der Waals surface area contributed by atoms with Crippen molar-refractivity contribution >= 4 is 33.6 Å². The maximum Gasteiger partial charge on any atom is 0.322 e. The number of methoxy groups -OCH3 is 1. The van der Waals surface area contributed by atoms with Gasteiger partial charge in [0, 0.05) is 30.2 Å². The molecule has 20 heavy (non-hydrogen) atoms. The summed E-state index contributed by atoms with van der Waals surface area (Å²) in [5.74, 6) is -0.518. The Morgan fingerprint density at radius 2 is 2.05 bits per heavy atom. The van der Waals surface area contributed by atoms with Crippen LogP contribution in [0.15, 0.2) is 28.7 Å². The van der Waals surface area contributed by atoms with Crippen LogP contribution in [0.1, 0.15) is 6.42 Å². The number of nitrogens with zero attached hydrogens (tertiary/aromatic N) is 1. The molecule has 2 atom stereocenters. The second-order valence-electron chi connectivity index (χ2n) is 4.60. The van der Waals surface area contributed by atoms with E-state index in [4.69, 9.17) is 10.5 Å².